The number of nitrogens with one attached hydrogen (secondary N) is 3. The number of pyridine rings is 1. The van der Waals surface area contributed by atoms with Gasteiger partial charge in [0.1, 0.15) is 29.8 Å². The van der Waals surface area contributed by atoms with E-state index in [9.17, 15) is 31.9 Å². The molecule has 0 radical (unpaired) electrons. The number of alkyl halides is 4. The van der Waals surface area contributed by atoms with Crippen molar-refractivity contribution in [2.45, 2.75) is 56.2 Å². The average Bonchev–Trinajstić information content (AvgIpc) is 3.52. The SMILES string of the molecule is COC[C@H](c1ccnc(NC(=O)C(NC(=O)c2ccnn2C)C2CCC(F)CC2)c1)N1CC(C(F)(F)F)NC1=O. The number of hydrogen-bond acceptors (Lipinski definition) is 6. The number of ether oxygens (including phenoxy) is 1. The first kappa shape index (κ1) is 29.2. The Morgan fingerprint density at radius 2 is 1.93 bits per heavy atom. The van der Waals surface area contributed by atoms with Crippen molar-refractivity contribution >= 4 is 23.7 Å². The number of carbonyl (C=O) groups is 3. The molecule has 1 aliphatic heterocycles. The number of urea groups is 1. The number of anilines is 1. The summed E-state index contributed by atoms with van der Waals surface area (Å²) in [5, 5.41) is 11.3. The number of amides is 4. The van der Waals surface area contributed by atoms with E-state index in [0.717, 1.165) is 4.90 Å². The zero-order chi connectivity index (χ0) is 29.0. The van der Waals surface area contributed by atoms with Gasteiger partial charge in [-0.3, -0.25) is 14.3 Å². The van der Waals surface area contributed by atoms with Gasteiger partial charge in [0.25, 0.3) is 5.91 Å². The number of nitrogens with zero attached hydrogens (tertiary/aromatic N) is 4. The van der Waals surface area contributed by atoms with Crippen LogP contribution in [0.3, 0.4) is 0 Å². The highest BCUT2D eigenvalue weighted by Crippen LogP contribution is 2.32. The van der Waals surface area contributed by atoms with Crippen molar-refractivity contribution in [3.05, 3.63) is 41.9 Å². The monoisotopic (exact) mass is 569 g/mol. The van der Waals surface area contributed by atoms with Crippen LogP contribution in [0.2, 0.25) is 0 Å². The van der Waals surface area contributed by atoms with Crippen molar-refractivity contribution in [1.82, 2.24) is 30.3 Å². The summed E-state index contributed by atoms with van der Waals surface area (Å²) < 4.78 is 60.1. The van der Waals surface area contributed by atoms with Gasteiger partial charge in [0.05, 0.1) is 19.2 Å². The summed E-state index contributed by atoms with van der Waals surface area (Å²) >= 11 is 0. The predicted molar refractivity (Wildman–Crippen MR) is 134 cm³/mol. The molecule has 2 aliphatic rings. The molecule has 4 amide bonds. The Balaban J connectivity index is 1.53. The van der Waals surface area contributed by atoms with Gasteiger partial charge in [0.2, 0.25) is 5.91 Å². The largest absolute Gasteiger partial charge is 0.410 e. The highest BCUT2D eigenvalue weighted by atomic mass is 19.4. The number of aromatic nitrogens is 3. The Hall–Kier alpha value is -3.75. The third-order valence-electron chi connectivity index (χ3n) is 7.25. The number of rotatable bonds is 9. The van der Waals surface area contributed by atoms with E-state index in [4.69, 9.17) is 4.74 Å². The minimum atomic E-state index is -4.62. The van der Waals surface area contributed by atoms with Gasteiger partial charge in [-0.05, 0) is 55.4 Å². The van der Waals surface area contributed by atoms with Gasteiger partial charge in [-0.25, -0.2) is 14.2 Å². The number of hydrogen-bond donors (Lipinski definition) is 3. The van der Waals surface area contributed by atoms with Gasteiger partial charge >= 0.3 is 12.2 Å². The van der Waals surface area contributed by atoms with Crippen LogP contribution in [0.5, 0.6) is 0 Å². The molecular weight excluding hydrogens is 538 g/mol. The number of aryl methyl sites for hydroxylation is 1. The first-order valence-corrected chi connectivity index (χ1v) is 12.8. The second kappa shape index (κ2) is 12.2. The molecule has 2 unspecified atom stereocenters. The van der Waals surface area contributed by atoms with Crippen LogP contribution in [0.15, 0.2) is 30.6 Å². The van der Waals surface area contributed by atoms with Crippen LogP contribution in [0.25, 0.3) is 0 Å². The zero-order valence-electron chi connectivity index (χ0n) is 21.9. The summed E-state index contributed by atoms with van der Waals surface area (Å²) in [6.07, 6.45) is -1.49. The maximum Gasteiger partial charge on any atom is 0.410 e. The van der Waals surface area contributed by atoms with Crippen molar-refractivity contribution in [1.29, 1.82) is 0 Å². The number of halogens is 4. The molecule has 11 nitrogen and oxygen atoms in total. The fourth-order valence-electron chi connectivity index (χ4n) is 5.08. The molecule has 2 aromatic heterocycles. The quantitative estimate of drug-likeness (QED) is 0.398. The molecule has 3 atom stereocenters. The van der Waals surface area contributed by atoms with Crippen LogP contribution in [0.4, 0.5) is 28.2 Å². The summed E-state index contributed by atoms with van der Waals surface area (Å²) in [5.41, 5.74) is 0.624. The van der Waals surface area contributed by atoms with Crippen LogP contribution in [-0.4, -0.2) is 82.2 Å². The molecule has 3 N–H and O–H groups in total. The smallest absolute Gasteiger partial charge is 0.382 e. The Bertz CT molecular complexity index is 1220. The van der Waals surface area contributed by atoms with Crippen molar-refractivity contribution < 1.29 is 36.7 Å². The summed E-state index contributed by atoms with van der Waals surface area (Å²) in [5.74, 6) is -1.37. The molecule has 2 aromatic rings. The molecule has 40 heavy (non-hydrogen) atoms. The van der Waals surface area contributed by atoms with Crippen molar-refractivity contribution in [2.24, 2.45) is 13.0 Å². The molecule has 3 heterocycles. The third-order valence-corrected chi connectivity index (χ3v) is 7.25. The van der Waals surface area contributed by atoms with E-state index in [1.807, 2.05) is 5.32 Å². The Kier molecular flexibility index (Phi) is 8.91. The van der Waals surface area contributed by atoms with E-state index in [2.05, 4.69) is 20.7 Å². The zero-order valence-corrected chi connectivity index (χ0v) is 21.9. The normalized spacial score (nSPS) is 22.9. The molecular formula is C25H31F4N7O4. The van der Waals surface area contributed by atoms with Gasteiger partial charge in [-0.1, -0.05) is 0 Å². The Labute approximate surface area is 227 Å². The fourth-order valence-corrected chi connectivity index (χ4v) is 5.08. The second-order valence-electron chi connectivity index (χ2n) is 9.93. The van der Waals surface area contributed by atoms with Crippen LogP contribution in [0, 0.1) is 5.92 Å². The standard InChI is InChI=1S/C25H31F4N7O4/c1-35-17(8-10-31-35)22(37)34-21(14-3-5-16(26)6-4-14)23(38)33-20-11-15(7-9-30-20)18(13-40-2)36-12-19(25(27,28)29)32-24(36)39/h7-11,14,16,18-19,21H,3-6,12-13H2,1-2H3,(H,32,39)(H,34,37)(H,30,33,38)/t14?,16?,18-,19?,21?/m1/s1. The molecule has 2 fully saturated rings. The summed E-state index contributed by atoms with van der Waals surface area (Å²) in [6.45, 7) is -0.717. The van der Waals surface area contributed by atoms with Crippen molar-refractivity contribution in [3.63, 3.8) is 0 Å². The lowest BCUT2D eigenvalue weighted by molar-refractivity contribution is -0.150. The minimum Gasteiger partial charge on any atom is -0.382 e. The van der Waals surface area contributed by atoms with E-state index < -0.39 is 54.9 Å². The highest BCUT2D eigenvalue weighted by molar-refractivity contribution is 6.00. The van der Waals surface area contributed by atoms with Crippen LogP contribution in [0.1, 0.15) is 47.8 Å². The fraction of sp³-hybridized carbons (Fsp3) is 0.560. The average molecular weight is 570 g/mol. The lowest BCUT2D eigenvalue weighted by Crippen LogP contribution is -2.50. The first-order valence-electron chi connectivity index (χ1n) is 12.8. The maximum atomic E-state index is 13.8. The van der Waals surface area contributed by atoms with Gasteiger partial charge in [0, 0.05) is 26.6 Å². The minimum absolute atomic E-state index is 0.0644. The summed E-state index contributed by atoms with van der Waals surface area (Å²) in [4.78, 5) is 43.9. The van der Waals surface area contributed by atoms with Crippen LogP contribution in [-0.2, 0) is 16.6 Å². The molecule has 1 saturated heterocycles. The van der Waals surface area contributed by atoms with Gasteiger partial charge in [0.15, 0.2) is 0 Å². The van der Waals surface area contributed by atoms with Crippen molar-refractivity contribution in [3.8, 4) is 0 Å². The predicted octanol–water partition coefficient (Wildman–Crippen LogP) is 2.72. The molecule has 218 valence electrons. The van der Waals surface area contributed by atoms with E-state index >= 15 is 0 Å². The highest BCUT2D eigenvalue weighted by Gasteiger charge is 2.48. The van der Waals surface area contributed by atoms with E-state index in [-0.39, 0.29) is 36.9 Å². The van der Waals surface area contributed by atoms with Crippen molar-refractivity contribution in [2.75, 3.05) is 25.6 Å². The lowest BCUT2D eigenvalue weighted by Gasteiger charge is -2.31. The molecule has 0 spiro atoms. The molecule has 0 aromatic carbocycles. The molecule has 4 rings (SSSR count). The molecule has 0 bridgehead atoms. The maximum absolute atomic E-state index is 13.8. The van der Waals surface area contributed by atoms with Crippen LogP contribution < -0.4 is 16.0 Å². The second-order valence-corrected chi connectivity index (χ2v) is 9.93. The Morgan fingerprint density at radius 1 is 1.20 bits per heavy atom. The molecule has 15 heteroatoms. The number of carbonyl (C=O) groups excluding carboxylic acids is 3. The topological polar surface area (TPSA) is 130 Å². The summed E-state index contributed by atoms with van der Waals surface area (Å²) in [7, 11) is 2.94. The lowest BCUT2D eigenvalue weighted by atomic mass is 9.82. The molecule has 1 aliphatic carbocycles. The van der Waals surface area contributed by atoms with Gasteiger partial charge in [-0.2, -0.15) is 18.3 Å². The number of methoxy groups -OCH3 is 1. The molecule has 1 saturated carbocycles. The van der Waals surface area contributed by atoms with Gasteiger partial charge < -0.3 is 25.6 Å². The van der Waals surface area contributed by atoms with E-state index in [0.29, 0.717) is 18.4 Å². The summed E-state index contributed by atoms with van der Waals surface area (Å²) in [6, 6.07) is -0.368. The van der Waals surface area contributed by atoms with E-state index in [1.165, 1.54) is 42.4 Å². The van der Waals surface area contributed by atoms with E-state index in [1.54, 1.807) is 7.05 Å². The first-order chi connectivity index (χ1) is 19.0. The van der Waals surface area contributed by atoms with Crippen LogP contribution >= 0.6 is 0 Å². The van der Waals surface area contributed by atoms with Gasteiger partial charge in [-0.15, -0.1) is 0 Å². The third kappa shape index (κ3) is 6.69. The Morgan fingerprint density at radius 3 is 2.52 bits per heavy atom.